The maximum Gasteiger partial charge on any atom is 0.325 e. The zero-order valence-electron chi connectivity index (χ0n) is 16.7. The molecule has 0 spiro atoms. The smallest absolute Gasteiger partial charge is 0.325 e. The van der Waals surface area contributed by atoms with Crippen LogP contribution in [0.3, 0.4) is 0 Å². The van der Waals surface area contributed by atoms with Crippen LogP contribution in [0.25, 0.3) is 0 Å². The van der Waals surface area contributed by atoms with E-state index in [9.17, 15) is 18.0 Å². The van der Waals surface area contributed by atoms with Crippen LogP contribution < -0.4 is 14.8 Å². The van der Waals surface area contributed by atoms with E-state index in [4.69, 9.17) is 9.47 Å². The minimum absolute atomic E-state index is 0.0752. The molecule has 0 aromatic heterocycles. The van der Waals surface area contributed by atoms with Crippen LogP contribution in [0.15, 0.2) is 47.4 Å². The summed E-state index contributed by atoms with van der Waals surface area (Å²) in [5.74, 6) is -0.543. The first-order chi connectivity index (χ1) is 13.6. The Morgan fingerprint density at radius 1 is 1.07 bits per heavy atom. The summed E-state index contributed by atoms with van der Waals surface area (Å²) >= 11 is 0. The standard InChI is InChI=1S/C20H24N2O6S/c1-13(2)28-19(23)12-21-20(24)18-11-17(10-5-14(18)3)29(25,26)22-15-6-8-16(27-4)9-7-15/h5-11,13,22H,12H2,1-4H3,(H,21,24). The fourth-order valence-electron chi connectivity index (χ4n) is 2.44. The van der Waals surface area contributed by atoms with Gasteiger partial charge in [-0.2, -0.15) is 0 Å². The lowest BCUT2D eigenvalue weighted by Gasteiger charge is -2.12. The minimum atomic E-state index is -3.92. The maximum absolute atomic E-state index is 12.7. The van der Waals surface area contributed by atoms with E-state index in [0.717, 1.165) is 0 Å². The molecular weight excluding hydrogens is 396 g/mol. The van der Waals surface area contributed by atoms with E-state index in [1.807, 2.05) is 0 Å². The van der Waals surface area contributed by atoms with Gasteiger partial charge in [0.25, 0.3) is 15.9 Å². The molecule has 2 N–H and O–H groups in total. The van der Waals surface area contributed by atoms with Crippen LogP contribution in [-0.4, -0.2) is 40.1 Å². The maximum atomic E-state index is 12.7. The van der Waals surface area contributed by atoms with Gasteiger partial charge in [-0.15, -0.1) is 0 Å². The Hall–Kier alpha value is -3.07. The lowest BCUT2D eigenvalue weighted by molar-refractivity contribution is -0.146. The van der Waals surface area contributed by atoms with Crippen molar-refractivity contribution in [3.8, 4) is 5.75 Å². The second kappa shape index (κ2) is 9.42. The Bertz CT molecular complexity index is 985. The largest absolute Gasteiger partial charge is 0.497 e. The highest BCUT2D eigenvalue weighted by molar-refractivity contribution is 7.92. The lowest BCUT2D eigenvalue weighted by atomic mass is 10.1. The Morgan fingerprint density at radius 3 is 2.31 bits per heavy atom. The number of rotatable bonds is 8. The van der Waals surface area contributed by atoms with Gasteiger partial charge in [0.2, 0.25) is 0 Å². The quantitative estimate of drug-likeness (QED) is 0.635. The highest BCUT2D eigenvalue weighted by atomic mass is 32.2. The number of aryl methyl sites for hydroxylation is 1. The van der Waals surface area contributed by atoms with Crippen LogP contribution in [0, 0.1) is 6.92 Å². The van der Waals surface area contributed by atoms with E-state index < -0.39 is 21.9 Å². The van der Waals surface area contributed by atoms with Gasteiger partial charge in [-0.25, -0.2) is 8.42 Å². The summed E-state index contributed by atoms with van der Waals surface area (Å²) in [6.45, 7) is 4.77. The molecule has 0 unspecified atom stereocenters. The van der Waals surface area contributed by atoms with Gasteiger partial charge in [0.15, 0.2) is 0 Å². The number of benzene rings is 2. The van der Waals surface area contributed by atoms with Crippen molar-refractivity contribution in [3.63, 3.8) is 0 Å². The van der Waals surface area contributed by atoms with Gasteiger partial charge in [-0.1, -0.05) is 6.07 Å². The first-order valence-electron chi connectivity index (χ1n) is 8.87. The summed E-state index contributed by atoms with van der Waals surface area (Å²) < 4.78 is 37.8. The zero-order valence-corrected chi connectivity index (χ0v) is 17.5. The molecule has 0 radical (unpaired) electrons. The fraction of sp³-hybridized carbons (Fsp3) is 0.300. The molecule has 2 aromatic carbocycles. The molecule has 0 aliphatic carbocycles. The number of esters is 1. The van der Waals surface area contributed by atoms with E-state index in [1.54, 1.807) is 45.0 Å². The minimum Gasteiger partial charge on any atom is -0.497 e. The summed E-state index contributed by atoms with van der Waals surface area (Å²) in [5.41, 5.74) is 1.08. The Kier molecular flexibility index (Phi) is 7.22. The first kappa shape index (κ1) is 22.2. The number of methoxy groups -OCH3 is 1. The highest BCUT2D eigenvalue weighted by Gasteiger charge is 2.19. The van der Waals surface area contributed by atoms with Crippen molar-refractivity contribution in [1.29, 1.82) is 0 Å². The SMILES string of the molecule is COc1ccc(NS(=O)(=O)c2ccc(C)c(C(=O)NCC(=O)OC(C)C)c2)cc1. The Labute approximate surface area is 170 Å². The molecule has 0 atom stereocenters. The number of hydrogen-bond donors (Lipinski definition) is 2. The third-order valence-electron chi connectivity index (χ3n) is 3.87. The van der Waals surface area contributed by atoms with Gasteiger partial charge < -0.3 is 14.8 Å². The molecule has 0 aliphatic heterocycles. The summed E-state index contributed by atoms with van der Waals surface area (Å²) in [6, 6.07) is 10.6. The molecule has 8 nitrogen and oxygen atoms in total. The van der Waals surface area contributed by atoms with Gasteiger partial charge in [-0.05, 0) is 62.7 Å². The van der Waals surface area contributed by atoms with Crippen LogP contribution >= 0.6 is 0 Å². The number of sulfonamides is 1. The fourth-order valence-corrected chi connectivity index (χ4v) is 3.52. The molecule has 29 heavy (non-hydrogen) atoms. The second-order valence-electron chi connectivity index (χ2n) is 6.53. The van der Waals surface area contributed by atoms with Crippen LogP contribution in [0.2, 0.25) is 0 Å². The predicted molar refractivity (Wildman–Crippen MR) is 109 cm³/mol. The van der Waals surface area contributed by atoms with E-state index in [1.165, 1.54) is 25.3 Å². The number of anilines is 1. The van der Waals surface area contributed by atoms with Crippen LogP contribution in [0.1, 0.15) is 29.8 Å². The van der Waals surface area contributed by atoms with Crippen molar-refractivity contribution in [2.45, 2.75) is 31.8 Å². The van der Waals surface area contributed by atoms with Crippen LogP contribution in [-0.2, 0) is 19.6 Å². The molecule has 0 fully saturated rings. The van der Waals surface area contributed by atoms with Gasteiger partial charge >= 0.3 is 5.97 Å². The highest BCUT2D eigenvalue weighted by Crippen LogP contribution is 2.21. The van der Waals surface area contributed by atoms with Crippen molar-refractivity contribution in [1.82, 2.24) is 5.32 Å². The lowest BCUT2D eigenvalue weighted by Crippen LogP contribution is -2.32. The second-order valence-corrected chi connectivity index (χ2v) is 8.21. The molecule has 2 rings (SSSR count). The van der Waals surface area contributed by atoms with Crippen molar-refractivity contribution >= 4 is 27.6 Å². The van der Waals surface area contributed by atoms with E-state index in [2.05, 4.69) is 10.0 Å². The summed E-state index contributed by atoms with van der Waals surface area (Å²) in [6.07, 6.45) is -0.293. The van der Waals surface area contributed by atoms with Gasteiger partial charge in [0.05, 0.1) is 18.1 Å². The summed E-state index contributed by atoms with van der Waals surface area (Å²) in [5, 5.41) is 2.44. The number of carbonyl (C=O) groups excluding carboxylic acids is 2. The number of ether oxygens (including phenoxy) is 2. The number of nitrogens with one attached hydrogen (secondary N) is 2. The van der Waals surface area contributed by atoms with Gasteiger partial charge in [0, 0.05) is 11.3 Å². The number of carbonyl (C=O) groups is 2. The molecule has 0 saturated heterocycles. The molecule has 2 aromatic rings. The number of amides is 1. The third kappa shape index (κ3) is 6.21. The van der Waals surface area contributed by atoms with Crippen LogP contribution in [0.4, 0.5) is 5.69 Å². The Balaban J connectivity index is 2.17. The van der Waals surface area contributed by atoms with Gasteiger partial charge in [0.1, 0.15) is 12.3 Å². The molecular formula is C20H24N2O6S. The van der Waals surface area contributed by atoms with Crippen molar-refractivity contribution in [2.75, 3.05) is 18.4 Å². The van der Waals surface area contributed by atoms with Crippen molar-refractivity contribution < 1.29 is 27.5 Å². The molecule has 156 valence electrons. The normalized spacial score (nSPS) is 11.1. The van der Waals surface area contributed by atoms with E-state index in [-0.39, 0.29) is 23.1 Å². The van der Waals surface area contributed by atoms with E-state index in [0.29, 0.717) is 17.0 Å². The monoisotopic (exact) mass is 420 g/mol. The molecule has 9 heteroatoms. The molecule has 0 bridgehead atoms. The Morgan fingerprint density at radius 2 is 1.72 bits per heavy atom. The third-order valence-corrected chi connectivity index (χ3v) is 5.25. The predicted octanol–water partition coefficient (Wildman–Crippen LogP) is 2.49. The summed E-state index contributed by atoms with van der Waals surface area (Å²) in [7, 11) is -2.40. The summed E-state index contributed by atoms with van der Waals surface area (Å²) in [4.78, 5) is 23.9. The first-order valence-corrected chi connectivity index (χ1v) is 10.4. The van der Waals surface area contributed by atoms with Crippen molar-refractivity contribution in [2.24, 2.45) is 0 Å². The van der Waals surface area contributed by atoms with Crippen molar-refractivity contribution in [3.05, 3.63) is 53.6 Å². The topological polar surface area (TPSA) is 111 Å². The molecule has 1 amide bonds. The number of hydrogen-bond acceptors (Lipinski definition) is 6. The average molecular weight is 420 g/mol. The van der Waals surface area contributed by atoms with Gasteiger partial charge in [-0.3, -0.25) is 14.3 Å². The molecule has 0 heterocycles. The molecule has 0 saturated carbocycles. The molecule has 0 aliphatic rings. The zero-order chi connectivity index (χ0) is 21.6. The van der Waals surface area contributed by atoms with E-state index >= 15 is 0 Å². The average Bonchev–Trinajstić information content (AvgIpc) is 2.66. The van der Waals surface area contributed by atoms with Crippen LogP contribution in [0.5, 0.6) is 5.75 Å².